The topological polar surface area (TPSA) is 122 Å². The van der Waals surface area contributed by atoms with Crippen molar-refractivity contribution in [1.29, 1.82) is 0 Å². The summed E-state index contributed by atoms with van der Waals surface area (Å²) in [6.07, 6.45) is 3.31. The lowest BCUT2D eigenvalue weighted by molar-refractivity contribution is -0.139. The number of nitrogens with one attached hydrogen (secondary N) is 2. The van der Waals surface area contributed by atoms with Crippen molar-refractivity contribution in [3.8, 4) is 0 Å². The smallest absolute Gasteiger partial charge is 0.330 e. The monoisotopic (exact) mass is 463 g/mol. The number of hydrogen-bond acceptors (Lipinski definition) is 4. The van der Waals surface area contributed by atoms with Gasteiger partial charge in [-0.1, -0.05) is 87.9 Å². The first kappa shape index (κ1) is 31.4. The summed E-state index contributed by atoms with van der Waals surface area (Å²) >= 11 is 0. The molecule has 2 rings (SSSR count). The summed E-state index contributed by atoms with van der Waals surface area (Å²) in [5, 5.41) is 13.8. The zero-order chi connectivity index (χ0) is 22.4. The molecule has 0 aliphatic rings. The fourth-order valence-corrected chi connectivity index (χ4v) is 2.58. The van der Waals surface area contributed by atoms with Crippen LogP contribution in [0.2, 0.25) is 0 Å². The molecule has 0 heterocycles. The minimum atomic E-state index is -1.14. The highest BCUT2D eigenvalue weighted by atomic mass is 35.5. The van der Waals surface area contributed by atoms with Crippen molar-refractivity contribution in [2.24, 2.45) is 5.73 Å². The van der Waals surface area contributed by atoms with Crippen molar-refractivity contribution < 1.29 is 20.9 Å². The third kappa shape index (κ3) is 12.1. The lowest BCUT2D eigenvalue weighted by atomic mass is 10.0. The highest BCUT2D eigenvalue weighted by Gasteiger charge is 2.19. The first-order valence-electron chi connectivity index (χ1n) is 9.78. The third-order valence-corrected chi connectivity index (χ3v) is 4.19. The number of carbonyl (C=O) groups is 3. The third-order valence-electron chi connectivity index (χ3n) is 4.19. The average Bonchev–Trinajstić information content (AvgIpc) is 2.75. The molecule has 0 saturated carbocycles. The maximum absolute atomic E-state index is 11.7. The molecule has 9 heteroatoms. The van der Waals surface area contributed by atoms with Crippen molar-refractivity contribution in [1.82, 2.24) is 10.6 Å². The number of carboxylic acids is 1. The van der Waals surface area contributed by atoms with Crippen molar-refractivity contribution in [3.63, 3.8) is 0 Å². The molecule has 0 spiro atoms. The number of rotatable bonds is 9. The molecular formula is C23H35BClN3O4. The molecule has 0 unspecified atom stereocenters. The Balaban J connectivity index is -0.000000503. The second-order valence-corrected chi connectivity index (χ2v) is 6.58. The zero-order valence-electron chi connectivity index (χ0n) is 17.5. The lowest BCUT2D eigenvalue weighted by Gasteiger charge is -2.13. The van der Waals surface area contributed by atoms with Crippen molar-refractivity contribution >= 4 is 37.9 Å². The van der Waals surface area contributed by atoms with Gasteiger partial charge < -0.3 is 21.5 Å². The van der Waals surface area contributed by atoms with E-state index in [4.69, 9.17) is 18.7 Å². The summed E-state index contributed by atoms with van der Waals surface area (Å²) in [5.41, 5.74) is 7.18. The Bertz CT molecular complexity index is 801. The summed E-state index contributed by atoms with van der Waals surface area (Å²) in [5.74, 6) is -2.10. The van der Waals surface area contributed by atoms with Gasteiger partial charge in [-0.25, -0.2) is 4.79 Å². The van der Waals surface area contributed by atoms with Crippen LogP contribution < -0.4 is 16.4 Å². The number of hydrogen-bond donors (Lipinski definition) is 4. The Morgan fingerprint density at radius 3 is 1.94 bits per heavy atom. The van der Waals surface area contributed by atoms with Crippen molar-refractivity contribution in [3.05, 3.63) is 71.8 Å². The summed E-state index contributed by atoms with van der Waals surface area (Å²) in [6.45, 7) is 2.85. The average molecular weight is 464 g/mol. The summed E-state index contributed by atoms with van der Waals surface area (Å²) in [6, 6.07) is 16.1. The van der Waals surface area contributed by atoms with Crippen LogP contribution in [0.4, 0.5) is 4.79 Å². The van der Waals surface area contributed by atoms with E-state index < -0.39 is 23.9 Å². The first-order valence-corrected chi connectivity index (χ1v) is 9.78. The Labute approximate surface area is 199 Å². The van der Waals surface area contributed by atoms with Gasteiger partial charge in [0.05, 0.1) is 0 Å². The molecule has 32 heavy (non-hydrogen) atoms. The fourth-order valence-electron chi connectivity index (χ4n) is 2.58. The Hall–Kier alpha value is -2.84. The number of aliphatic carboxylic acids is 1. The number of amides is 2. The van der Waals surface area contributed by atoms with E-state index >= 15 is 0 Å². The predicted octanol–water partition coefficient (Wildman–Crippen LogP) is 3.99. The molecule has 2 atom stereocenters. The highest BCUT2D eigenvalue weighted by molar-refractivity contribution is 6.57. The molecule has 0 bridgehead atoms. The molecule has 0 aromatic heterocycles. The number of nitrogens with two attached hydrogens (primary N) is 1. The molecule has 0 aliphatic carbocycles. The van der Waals surface area contributed by atoms with Crippen molar-refractivity contribution in [2.75, 3.05) is 6.54 Å². The van der Waals surface area contributed by atoms with E-state index in [9.17, 15) is 14.4 Å². The molecule has 7 nitrogen and oxygen atoms in total. The molecule has 2 radical (unpaired) electrons. The largest absolute Gasteiger partial charge is 0.479 e. The van der Waals surface area contributed by atoms with Gasteiger partial charge in [0.1, 0.15) is 6.04 Å². The fraction of sp³-hybridized carbons (Fsp3) is 0.348. The maximum atomic E-state index is 11.7. The minimum Gasteiger partial charge on any atom is -0.479 e. The van der Waals surface area contributed by atoms with E-state index in [-0.39, 0.29) is 27.2 Å². The number of carboxylic acid groups (broad SMARTS) is 1. The molecular weight excluding hydrogens is 429 g/mol. The molecule has 0 fully saturated rings. The van der Waals surface area contributed by atoms with Crippen LogP contribution in [0, 0.1) is 0 Å². The van der Waals surface area contributed by atoms with E-state index in [1.807, 2.05) is 30.3 Å². The lowest BCUT2D eigenvalue weighted by Crippen LogP contribution is -2.34. The van der Waals surface area contributed by atoms with Gasteiger partial charge in [-0.2, -0.15) is 0 Å². The molecule has 2 aromatic rings. The van der Waals surface area contributed by atoms with Gasteiger partial charge in [0.15, 0.2) is 11.8 Å². The summed E-state index contributed by atoms with van der Waals surface area (Å²) < 4.78 is 0. The van der Waals surface area contributed by atoms with Crippen LogP contribution in [0.1, 0.15) is 58.3 Å². The van der Waals surface area contributed by atoms with Gasteiger partial charge in [-0.05, 0) is 17.5 Å². The molecule has 2 aromatic carbocycles. The van der Waals surface area contributed by atoms with Crippen LogP contribution in [0.5, 0.6) is 0 Å². The van der Waals surface area contributed by atoms with Crippen LogP contribution in [0.15, 0.2) is 60.7 Å². The summed E-state index contributed by atoms with van der Waals surface area (Å²) in [4.78, 5) is 33.0. The number of carbonyl (C=O) groups excluding carboxylic acids is 2. The second kappa shape index (κ2) is 17.8. The van der Waals surface area contributed by atoms with Crippen LogP contribution in [-0.4, -0.2) is 37.2 Å². The number of benzene rings is 2. The van der Waals surface area contributed by atoms with Crippen LogP contribution in [0.25, 0.3) is 0 Å². The second-order valence-electron chi connectivity index (χ2n) is 6.58. The quantitative estimate of drug-likeness (QED) is 0.331. The Morgan fingerprint density at radius 1 is 1.00 bits per heavy atom. The summed E-state index contributed by atoms with van der Waals surface area (Å²) in [7, 11) is 4.86. The molecule has 176 valence electrons. The van der Waals surface area contributed by atoms with Gasteiger partial charge in [0, 0.05) is 7.97 Å². The molecule has 0 saturated heterocycles. The predicted molar refractivity (Wildman–Crippen MR) is 133 cm³/mol. The van der Waals surface area contributed by atoms with Crippen LogP contribution >= 0.6 is 12.4 Å². The van der Waals surface area contributed by atoms with E-state index in [0.29, 0.717) is 12.1 Å². The van der Waals surface area contributed by atoms with Gasteiger partial charge in [-0.3, -0.25) is 9.59 Å². The van der Waals surface area contributed by atoms with E-state index in [2.05, 4.69) is 17.6 Å². The van der Waals surface area contributed by atoms with E-state index in [0.717, 1.165) is 24.8 Å². The normalized spacial score (nSPS) is 11.2. The van der Waals surface area contributed by atoms with Gasteiger partial charge in [0.2, 0.25) is 13.8 Å². The van der Waals surface area contributed by atoms with Gasteiger partial charge in [-0.15, -0.1) is 12.4 Å². The standard InChI is InChI=1S/C13H20N2O.C9H8BNO3.CH4.ClH.H2/c1-2-3-7-10-15-13(16)12(14)11-8-5-4-6-9-11;10-9(14)11-7(8(12)13)6-4-2-1-3-5-6;;;/h4-6,8-9,12H,2-3,7,10,14H2,1H3,(H,15,16);1-5,7H,(H,11,14)(H,12,13);1H4;2*1H/t12-;7-;;;/m00.../s1. The maximum Gasteiger partial charge on any atom is 0.330 e. The van der Waals surface area contributed by atoms with Crippen molar-refractivity contribution in [2.45, 2.75) is 45.7 Å². The van der Waals surface area contributed by atoms with Gasteiger partial charge >= 0.3 is 5.97 Å². The number of unbranched alkanes of at least 4 members (excludes halogenated alkanes) is 2. The highest BCUT2D eigenvalue weighted by Crippen LogP contribution is 2.12. The molecule has 5 N–H and O–H groups in total. The molecule has 2 amide bonds. The zero-order valence-corrected chi connectivity index (χ0v) is 18.3. The Morgan fingerprint density at radius 2 is 1.50 bits per heavy atom. The minimum absolute atomic E-state index is 0. The van der Waals surface area contributed by atoms with E-state index in [1.165, 1.54) is 0 Å². The van der Waals surface area contributed by atoms with Gasteiger partial charge in [0.25, 0.3) is 0 Å². The van der Waals surface area contributed by atoms with Crippen LogP contribution in [0.3, 0.4) is 0 Å². The Kier molecular flexibility index (Phi) is 17.4. The number of halogens is 1. The van der Waals surface area contributed by atoms with Crippen LogP contribution in [-0.2, 0) is 9.59 Å². The van der Waals surface area contributed by atoms with E-state index in [1.54, 1.807) is 30.3 Å². The molecule has 0 aliphatic heterocycles. The SMILES string of the molecule is C.CCCCCNC(=O)[C@@H](N)c1ccccc1.Cl.[B]C(=O)N[C@H](C(=O)O)c1ccccc1.[HH]. The first-order chi connectivity index (χ1) is 14.4.